The van der Waals surface area contributed by atoms with Crippen molar-refractivity contribution in [3.63, 3.8) is 0 Å². The molecule has 11 rings (SSSR count). The smallest absolute Gasteiger partial charge is 0.164 e. The number of aromatic nitrogens is 5. The van der Waals surface area contributed by atoms with E-state index in [4.69, 9.17) is 15.0 Å². The molecular weight excluding hydrogens is 683 g/mol. The summed E-state index contributed by atoms with van der Waals surface area (Å²) < 4.78 is 4.82. The van der Waals surface area contributed by atoms with Crippen LogP contribution in [0.3, 0.4) is 0 Å². The van der Waals surface area contributed by atoms with E-state index in [1.54, 1.807) is 0 Å². The predicted molar refractivity (Wildman–Crippen MR) is 230 cm³/mol. The second kappa shape index (κ2) is 13.0. The zero-order chi connectivity index (χ0) is 37.0. The molecular formula is C51H33N5. The van der Waals surface area contributed by atoms with Crippen LogP contribution in [0.1, 0.15) is 0 Å². The Labute approximate surface area is 323 Å². The lowest BCUT2D eigenvalue weighted by molar-refractivity contribution is 1.08. The number of hydrogen-bond donors (Lipinski definition) is 0. The highest BCUT2D eigenvalue weighted by Gasteiger charge is 2.22. The van der Waals surface area contributed by atoms with Crippen molar-refractivity contribution in [3.8, 4) is 62.1 Å². The number of hydrogen-bond acceptors (Lipinski definition) is 3. The lowest BCUT2D eigenvalue weighted by Gasteiger charge is -2.14. The van der Waals surface area contributed by atoms with E-state index >= 15 is 0 Å². The van der Waals surface area contributed by atoms with Gasteiger partial charge in [0.25, 0.3) is 0 Å². The van der Waals surface area contributed by atoms with Gasteiger partial charge in [-0.15, -0.1) is 0 Å². The molecule has 3 heterocycles. The standard InChI is InChI=1S/C51H33N5/c1-4-16-36(17-5-1)48-52-49(37-18-6-2-7-19-37)54-50(53-48)42-33-32-39(40-22-10-11-23-41(40)42)34-28-30-35(31-29-34)47-43-24-12-13-25-44(43)56-46-27-15-14-26-45(46)55(51(47)56)38-20-8-3-9-21-38/h1-33H. The average Bonchev–Trinajstić information content (AvgIpc) is 3.79. The Kier molecular flexibility index (Phi) is 7.42. The van der Waals surface area contributed by atoms with E-state index in [2.05, 4.69) is 148 Å². The van der Waals surface area contributed by atoms with Gasteiger partial charge < -0.3 is 0 Å². The van der Waals surface area contributed by atoms with Gasteiger partial charge in [0.2, 0.25) is 0 Å². The molecule has 0 aliphatic heterocycles. The van der Waals surface area contributed by atoms with Crippen LogP contribution in [0.5, 0.6) is 0 Å². The fraction of sp³-hybridized carbons (Fsp3) is 0. The second-order valence-electron chi connectivity index (χ2n) is 14.0. The molecule has 0 bridgehead atoms. The molecule has 0 amide bonds. The van der Waals surface area contributed by atoms with E-state index < -0.39 is 0 Å². The molecule has 5 heteroatoms. The van der Waals surface area contributed by atoms with E-state index in [9.17, 15) is 0 Å². The van der Waals surface area contributed by atoms with Crippen molar-refractivity contribution in [1.29, 1.82) is 0 Å². The van der Waals surface area contributed by atoms with Gasteiger partial charge in [-0.1, -0.05) is 164 Å². The van der Waals surface area contributed by atoms with Gasteiger partial charge in [0.15, 0.2) is 17.5 Å². The summed E-state index contributed by atoms with van der Waals surface area (Å²) in [5.74, 6) is 1.95. The van der Waals surface area contributed by atoms with E-state index in [0.29, 0.717) is 17.5 Å². The monoisotopic (exact) mass is 715 g/mol. The highest BCUT2D eigenvalue weighted by atomic mass is 15.1. The van der Waals surface area contributed by atoms with E-state index in [1.165, 1.54) is 33.1 Å². The van der Waals surface area contributed by atoms with Crippen molar-refractivity contribution in [1.82, 2.24) is 23.9 Å². The van der Waals surface area contributed by atoms with E-state index in [1.807, 2.05) is 60.7 Å². The number of para-hydroxylation sites is 4. The van der Waals surface area contributed by atoms with Gasteiger partial charge in [0.1, 0.15) is 5.65 Å². The highest BCUT2D eigenvalue weighted by Crippen LogP contribution is 2.42. The van der Waals surface area contributed by atoms with Crippen molar-refractivity contribution in [2.45, 2.75) is 0 Å². The SMILES string of the molecule is c1ccc(-c2nc(-c3ccccc3)nc(-c3ccc(-c4ccc(-c5c6ccccc6n6c7ccccc7n(-c7ccccc7)c56)cc4)c4ccccc34)n2)cc1. The fourth-order valence-corrected chi connectivity index (χ4v) is 8.25. The Morgan fingerprint density at radius 3 is 1.41 bits per heavy atom. The Morgan fingerprint density at radius 2 is 0.768 bits per heavy atom. The topological polar surface area (TPSA) is 48.0 Å². The Balaban J connectivity index is 1.07. The second-order valence-corrected chi connectivity index (χ2v) is 14.0. The molecule has 3 aromatic heterocycles. The fourth-order valence-electron chi connectivity index (χ4n) is 8.25. The first-order valence-corrected chi connectivity index (χ1v) is 18.9. The van der Waals surface area contributed by atoms with Crippen LogP contribution < -0.4 is 0 Å². The molecule has 0 unspecified atom stereocenters. The van der Waals surface area contributed by atoms with Crippen LogP contribution >= 0.6 is 0 Å². The third kappa shape index (κ3) is 5.13. The minimum Gasteiger partial charge on any atom is -0.293 e. The summed E-state index contributed by atoms with van der Waals surface area (Å²) in [5, 5.41) is 3.45. The minimum atomic E-state index is 0.647. The van der Waals surface area contributed by atoms with Crippen LogP contribution in [-0.4, -0.2) is 23.9 Å². The van der Waals surface area contributed by atoms with E-state index in [-0.39, 0.29) is 0 Å². The average molecular weight is 716 g/mol. The number of imidazole rings is 1. The largest absolute Gasteiger partial charge is 0.293 e. The van der Waals surface area contributed by atoms with Crippen molar-refractivity contribution in [3.05, 3.63) is 200 Å². The molecule has 0 atom stereocenters. The third-order valence-corrected chi connectivity index (χ3v) is 10.8. The maximum atomic E-state index is 5.06. The van der Waals surface area contributed by atoms with Crippen LogP contribution in [0, 0.1) is 0 Å². The molecule has 262 valence electrons. The van der Waals surface area contributed by atoms with Gasteiger partial charge >= 0.3 is 0 Å². The number of benzene rings is 8. The van der Waals surface area contributed by atoms with Crippen molar-refractivity contribution >= 4 is 38.4 Å². The highest BCUT2D eigenvalue weighted by molar-refractivity contribution is 6.10. The summed E-state index contributed by atoms with van der Waals surface area (Å²) in [6.45, 7) is 0. The first-order valence-electron chi connectivity index (χ1n) is 18.9. The summed E-state index contributed by atoms with van der Waals surface area (Å²) in [4.78, 5) is 15.0. The zero-order valence-corrected chi connectivity index (χ0v) is 30.3. The number of rotatable bonds is 6. The molecule has 5 nitrogen and oxygen atoms in total. The zero-order valence-electron chi connectivity index (χ0n) is 30.3. The van der Waals surface area contributed by atoms with Gasteiger partial charge in [0.05, 0.1) is 16.6 Å². The molecule has 0 radical (unpaired) electrons. The van der Waals surface area contributed by atoms with Gasteiger partial charge in [-0.05, 0) is 63.9 Å². The summed E-state index contributed by atoms with van der Waals surface area (Å²) in [6, 6.07) is 70.4. The molecule has 0 aliphatic carbocycles. The maximum Gasteiger partial charge on any atom is 0.164 e. The summed E-state index contributed by atoms with van der Waals surface area (Å²) in [6.07, 6.45) is 0. The Morgan fingerprint density at radius 1 is 0.304 bits per heavy atom. The number of nitrogens with zero attached hydrogens (tertiary/aromatic N) is 5. The lowest BCUT2D eigenvalue weighted by atomic mass is 9.93. The first kappa shape index (κ1) is 31.9. The normalized spacial score (nSPS) is 11.6. The molecule has 11 aromatic rings. The van der Waals surface area contributed by atoms with Crippen LogP contribution in [-0.2, 0) is 0 Å². The van der Waals surface area contributed by atoms with Crippen LogP contribution in [0.25, 0.3) is 100 Å². The first-order chi connectivity index (χ1) is 27.8. The molecule has 0 saturated carbocycles. The molecule has 8 aromatic carbocycles. The third-order valence-electron chi connectivity index (χ3n) is 10.8. The van der Waals surface area contributed by atoms with Gasteiger partial charge in [-0.25, -0.2) is 15.0 Å². The van der Waals surface area contributed by atoms with Gasteiger partial charge in [0, 0.05) is 33.3 Å². The lowest BCUT2D eigenvalue weighted by Crippen LogP contribution is -2.00. The van der Waals surface area contributed by atoms with Crippen LogP contribution in [0.4, 0.5) is 0 Å². The molecule has 56 heavy (non-hydrogen) atoms. The molecule has 0 N–H and O–H groups in total. The van der Waals surface area contributed by atoms with Crippen molar-refractivity contribution in [2.75, 3.05) is 0 Å². The van der Waals surface area contributed by atoms with E-state index in [0.717, 1.165) is 49.9 Å². The quantitative estimate of drug-likeness (QED) is 0.172. The molecule has 0 fully saturated rings. The summed E-state index contributed by atoms with van der Waals surface area (Å²) >= 11 is 0. The summed E-state index contributed by atoms with van der Waals surface area (Å²) in [5.41, 5.74) is 13.4. The predicted octanol–water partition coefficient (Wildman–Crippen LogP) is 12.7. The van der Waals surface area contributed by atoms with Gasteiger partial charge in [-0.2, -0.15) is 0 Å². The number of fused-ring (bicyclic) bond motifs is 6. The van der Waals surface area contributed by atoms with Crippen LogP contribution in [0.2, 0.25) is 0 Å². The Bertz CT molecular complexity index is 3160. The molecule has 0 aliphatic rings. The molecule has 0 spiro atoms. The van der Waals surface area contributed by atoms with Gasteiger partial charge in [-0.3, -0.25) is 8.97 Å². The van der Waals surface area contributed by atoms with Crippen LogP contribution in [0.15, 0.2) is 200 Å². The minimum absolute atomic E-state index is 0.647. The summed E-state index contributed by atoms with van der Waals surface area (Å²) in [7, 11) is 0. The maximum absolute atomic E-state index is 5.06. The van der Waals surface area contributed by atoms with Crippen molar-refractivity contribution < 1.29 is 0 Å². The van der Waals surface area contributed by atoms with Crippen molar-refractivity contribution in [2.24, 2.45) is 0 Å². The molecule has 0 saturated heterocycles. The Hall–Kier alpha value is -7.63.